The minimum atomic E-state index is -2.80. The molecule has 7 rings (SSSR count). The molecule has 2 unspecified atom stereocenters. The largest absolute Gasteiger partial charge is 0.371 e. The maximum absolute atomic E-state index is 13.8. The van der Waals surface area contributed by atoms with Crippen molar-refractivity contribution in [2.24, 2.45) is 11.8 Å². The third kappa shape index (κ3) is 4.23. The number of carbonyl (C=O) groups excluding carboxylic acids is 1. The molecule has 0 aromatic carbocycles. The third-order valence-electron chi connectivity index (χ3n) is 7.96. The summed E-state index contributed by atoms with van der Waals surface area (Å²) in [4.78, 5) is 20.0. The van der Waals surface area contributed by atoms with Crippen molar-refractivity contribution in [2.75, 3.05) is 23.3 Å². The lowest BCUT2D eigenvalue weighted by Crippen LogP contribution is -2.57. The van der Waals surface area contributed by atoms with Crippen molar-refractivity contribution in [3.8, 4) is 0 Å². The number of fused-ring (bicyclic) bond motifs is 3. The van der Waals surface area contributed by atoms with Crippen molar-refractivity contribution in [2.45, 2.75) is 70.6 Å². The smallest absolute Gasteiger partial charge is 0.284 e. The maximum atomic E-state index is 13.8. The van der Waals surface area contributed by atoms with E-state index in [1.807, 2.05) is 6.07 Å². The molecule has 4 fully saturated rings. The SMILES string of the molecule is CC(C)C1CCC(n2cc(NC(=O)c3cnn4ccc(N5CC6CC(C5)O6)nc34)c(C(F)F)n2)CC1. The summed E-state index contributed by atoms with van der Waals surface area (Å²) in [5.74, 6) is 1.48. The number of halogens is 2. The van der Waals surface area contributed by atoms with Gasteiger partial charge in [-0.3, -0.25) is 9.48 Å². The number of alkyl halides is 2. The van der Waals surface area contributed by atoms with Gasteiger partial charge in [0.15, 0.2) is 11.3 Å². The molecule has 9 nitrogen and oxygen atoms in total. The van der Waals surface area contributed by atoms with Gasteiger partial charge < -0.3 is 15.0 Å². The van der Waals surface area contributed by atoms with Crippen LogP contribution in [0.4, 0.5) is 20.3 Å². The van der Waals surface area contributed by atoms with E-state index < -0.39 is 18.0 Å². The lowest BCUT2D eigenvalue weighted by molar-refractivity contribution is -0.133. The standard InChI is InChI=1S/C25H31F2N7O2/c1-14(2)15-3-5-16(6-4-15)34-13-20(22(31-34)23(26)27)29-25(35)19-10-28-33-8-7-21(30-24(19)33)32-11-17-9-18(12-32)36-17/h7-8,10,13-18,23H,3-6,9,11-12H2,1-2H3,(H,29,35). The van der Waals surface area contributed by atoms with Crippen molar-refractivity contribution in [1.29, 1.82) is 0 Å². The van der Waals surface area contributed by atoms with Crippen LogP contribution < -0.4 is 10.2 Å². The number of amides is 1. The highest BCUT2D eigenvalue weighted by atomic mass is 19.3. The van der Waals surface area contributed by atoms with Gasteiger partial charge in [-0.25, -0.2) is 18.3 Å². The number of anilines is 2. The summed E-state index contributed by atoms with van der Waals surface area (Å²) in [5.41, 5.74) is 0.223. The summed E-state index contributed by atoms with van der Waals surface area (Å²) in [7, 11) is 0. The van der Waals surface area contributed by atoms with Crippen LogP contribution in [0.3, 0.4) is 0 Å². The van der Waals surface area contributed by atoms with E-state index in [1.54, 1.807) is 17.1 Å². The van der Waals surface area contributed by atoms with Gasteiger partial charge in [-0.05, 0) is 43.6 Å². The Morgan fingerprint density at radius 2 is 1.89 bits per heavy atom. The number of hydrogen-bond acceptors (Lipinski definition) is 6. The highest BCUT2D eigenvalue weighted by Crippen LogP contribution is 2.37. The van der Waals surface area contributed by atoms with E-state index in [-0.39, 0.29) is 29.5 Å². The molecule has 6 heterocycles. The van der Waals surface area contributed by atoms with Gasteiger partial charge in [-0.15, -0.1) is 0 Å². The van der Waals surface area contributed by atoms with Crippen LogP contribution in [0.25, 0.3) is 5.65 Å². The summed E-state index contributed by atoms with van der Waals surface area (Å²) in [6, 6.07) is 1.92. The number of nitrogens with zero attached hydrogens (tertiary/aromatic N) is 6. The van der Waals surface area contributed by atoms with Crippen LogP contribution in [0, 0.1) is 11.8 Å². The molecule has 3 aromatic heterocycles. The van der Waals surface area contributed by atoms with Crippen LogP contribution in [0.15, 0.2) is 24.7 Å². The molecule has 3 aliphatic heterocycles. The number of piperidine rings is 1. The van der Waals surface area contributed by atoms with Crippen LogP contribution in [0.5, 0.6) is 0 Å². The van der Waals surface area contributed by atoms with Crippen molar-refractivity contribution in [3.05, 3.63) is 35.9 Å². The summed E-state index contributed by atoms with van der Waals surface area (Å²) in [5, 5.41) is 11.1. The van der Waals surface area contributed by atoms with E-state index in [9.17, 15) is 13.6 Å². The van der Waals surface area contributed by atoms with Crippen molar-refractivity contribution >= 4 is 23.1 Å². The van der Waals surface area contributed by atoms with Crippen molar-refractivity contribution in [3.63, 3.8) is 0 Å². The quantitative estimate of drug-likeness (QED) is 0.538. The molecule has 11 heteroatoms. The Bertz CT molecular complexity index is 1250. The number of ether oxygens (including phenoxy) is 1. The van der Waals surface area contributed by atoms with E-state index >= 15 is 0 Å². The number of nitrogens with one attached hydrogen (secondary N) is 1. The topological polar surface area (TPSA) is 89.6 Å². The van der Waals surface area contributed by atoms with Crippen LogP contribution in [-0.4, -0.2) is 55.6 Å². The molecule has 192 valence electrons. The molecular weight excluding hydrogens is 468 g/mol. The Balaban J connectivity index is 1.22. The van der Waals surface area contributed by atoms with Crippen molar-refractivity contribution in [1.82, 2.24) is 24.4 Å². The Morgan fingerprint density at radius 3 is 2.56 bits per heavy atom. The van der Waals surface area contributed by atoms with Crippen LogP contribution in [0.1, 0.15) is 74.5 Å². The summed E-state index contributed by atoms with van der Waals surface area (Å²) in [6.45, 7) is 5.96. The highest BCUT2D eigenvalue weighted by molar-refractivity contribution is 6.08. The first-order chi connectivity index (χ1) is 17.4. The van der Waals surface area contributed by atoms with Gasteiger partial charge >= 0.3 is 0 Å². The minimum Gasteiger partial charge on any atom is -0.371 e. The molecule has 4 aliphatic rings. The number of carbonyl (C=O) groups is 1. The van der Waals surface area contributed by atoms with E-state index in [0.717, 1.165) is 51.0 Å². The zero-order chi connectivity index (χ0) is 25.0. The van der Waals surface area contributed by atoms with Gasteiger partial charge in [0.1, 0.15) is 11.4 Å². The predicted molar refractivity (Wildman–Crippen MR) is 129 cm³/mol. The Kier molecular flexibility index (Phi) is 5.89. The summed E-state index contributed by atoms with van der Waals surface area (Å²) >= 11 is 0. The first-order valence-corrected chi connectivity index (χ1v) is 12.8. The Hall–Kier alpha value is -3.08. The summed E-state index contributed by atoms with van der Waals surface area (Å²) in [6.07, 6.45) is 7.32. The lowest BCUT2D eigenvalue weighted by Gasteiger charge is -2.47. The van der Waals surface area contributed by atoms with Gasteiger partial charge in [0.25, 0.3) is 12.3 Å². The maximum Gasteiger partial charge on any atom is 0.284 e. The van der Waals surface area contributed by atoms with Gasteiger partial charge in [0, 0.05) is 31.9 Å². The van der Waals surface area contributed by atoms with E-state index in [2.05, 4.69) is 39.2 Å². The second kappa shape index (κ2) is 9.10. The number of hydrogen-bond donors (Lipinski definition) is 1. The van der Waals surface area contributed by atoms with Gasteiger partial charge in [-0.2, -0.15) is 10.2 Å². The Morgan fingerprint density at radius 1 is 1.17 bits per heavy atom. The van der Waals surface area contributed by atoms with Gasteiger partial charge in [0.2, 0.25) is 0 Å². The molecule has 1 amide bonds. The molecule has 1 N–H and O–H groups in total. The van der Waals surface area contributed by atoms with E-state index in [0.29, 0.717) is 17.5 Å². The molecule has 0 radical (unpaired) electrons. The lowest BCUT2D eigenvalue weighted by atomic mass is 9.80. The monoisotopic (exact) mass is 499 g/mol. The van der Waals surface area contributed by atoms with E-state index in [1.165, 1.54) is 10.7 Å². The van der Waals surface area contributed by atoms with E-state index in [4.69, 9.17) is 4.74 Å². The number of aromatic nitrogens is 5. The molecule has 2 bridgehead atoms. The molecule has 36 heavy (non-hydrogen) atoms. The molecule has 3 saturated heterocycles. The fraction of sp³-hybridized carbons (Fsp3) is 0.600. The fourth-order valence-electron chi connectivity index (χ4n) is 5.81. The van der Waals surface area contributed by atoms with Crippen molar-refractivity contribution < 1.29 is 18.3 Å². The van der Waals surface area contributed by atoms with Crippen LogP contribution >= 0.6 is 0 Å². The molecule has 1 aliphatic carbocycles. The van der Waals surface area contributed by atoms with Gasteiger partial charge in [-0.1, -0.05) is 13.8 Å². The average Bonchev–Trinajstić information content (AvgIpc) is 3.48. The molecule has 1 saturated carbocycles. The third-order valence-corrected chi connectivity index (χ3v) is 7.96. The highest BCUT2D eigenvalue weighted by Gasteiger charge is 2.39. The second-order valence-electron chi connectivity index (χ2n) is 10.6. The molecular formula is C25H31F2N7O2. The van der Waals surface area contributed by atoms with Crippen LogP contribution in [0.2, 0.25) is 0 Å². The normalized spacial score (nSPS) is 26.0. The second-order valence-corrected chi connectivity index (χ2v) is 10.6. The molecule has 0 spiro atoms. The zero-order valence-corrected chi connectivity index (χ0v) is 20.5. The first kappa shape index (κ1) is 23.3. The Labute approximate surface area is 207 Å². The summed E-state index contributed by atoms with van der Waals surface area (Å²) < 4.78 is 36.5. The molecule has 2 atom stereocenters. The zero-order valence-electron chi connectivity index (χ0n) is 20.5. The van der Waals surface area contributed by atoms with Crippen LogP contribution in [-0.2, 0) is 4.74 Å². The minimum absolute atomic E-state index is 0.0322. The fourth-order valence-corrected chi connectivity index (χ4v) is 5.81. The number of rotatable bonds is 6. The molecule has 3 aromatic rings. The number of morpholine rings is 1. The average molecular weight is 500 g/mol. The predicted octanol–water partition coefficient (Wildman–Crippen LogP) is 4.48. The first-order valence-electron chi connectivity index (χ1n) is 12.8. The van der Waals surface area contributed by atoms with Gasteiger partial charge in [0.05, 0.1) is 30.1 Å².